The second kappa shape index (κ2) is 46.5. The fraction of sp³-hybridized carbons (Fsp3) is 0.800. The molecule has 0 aliphatic rings. The lowest BCUT2D eigenvalue weighted by molar-refractivity contribution is -0.147. The van der Waals surface area contributed by atoms with Crippen LogP contribution in [0.1, 0.15) is 226 Å². The molecule has 0 fully saturated rings. The highest BCUT2D eigenvalue weighted by molar-refractivity contribution is 7.47. The van der Waals surface area contributed by atoms with Crippen LogP contribution in [-0.4, -0.2) is 54.3 Å². The van der Waals surface area contributed by atoms with E-state index in [9.17, 15) is 24.2 Å². The van der Waals surface area contributed by atoms with Crippen LogP contribution in [0.25, 0.3) is 0 Å². The van der Waals surface area contributed by atoms with Gasteiger partial charge < -0.3 is 20.1 Å². The Morgan fingerprint density at radius 1 is 0.517 bits per heavy atom. The molecule has 0 heterocycles. The molecule has 10 heteroatoms. The van der Waals surface area contributed by atoms with Crippen LogP contribution >= 0.6 is 7.82 Å². The molecule has 0 spiro atoms. The average Bonchev–Trinajstić information content (AvgIpc) is 3.23. The summed E-state index contributed by atoms with van der Waals surface area (Å²) in [6.45, 7) is 3.54. The van der Waals surface area contributed by atoms with Gasteiger partial charge in [-0.25, -0.2) is 4.57 Å². The maximum atomic E-state index is 12.1. The topological polar surface area (TPSA) is 131 Å². The number of aliphatic hydroxyl groups excluding tert-OH is 1. The maximum Gasteiger partial charge on any atom is 0.472 e. The summed E-state index contributed by atoms with van der Waals surface area (Å²) in [6, 6.07) is 0. The van der Waals surface area contributed by atoms with E-state index in [1.807, 2.05) is 0 Å². The van der Waals surface area contributed by atoms with Gasteiger partial charge in [0.25, 0.3) is 0 Å². The fourth-order valence-corrected chi connectivity index (χ4v) is 7.53. The minimum absolute atomic E-state index is 0.0751. The van der Waals surface area contributed by atoms with Crippen molar-refractivity contribution in [1.29, 1.82) is 0 Å². The molecular formula is C50H92NO8P. The van der Waals surface area contributed by atoms with Gasteiger partial charge >= 0.3 is 13.8 Å². The lowest BCUT2D eigenvalue weighted by Crippen LogP contribution is -2.27. The minimum atomic E-state index is -4.42. The number of nitrogens with one attached hydrogen (secondary N) is 1. The van der Waals surface area contributed by atoms with Crippen LogP contribution in [0, 0.1) is 0 Å². The number of carbonyl (C=O) groups excluding carboxylic acids is 2. The van der Waals surface area contributed by atoms with Crippen molar-refractivity contribution in [3.63, 3.8) is 0 Å². The second-order valence-electron chi connectivity index (χ2n) is 16.4. The van der Waals surface area contributed by atoms with Crippen LogP contribution in [0.2, 0.25) is 0 Å². The van der Waals surface area contributed by atoms with E-state index in [1.165, 1.54) is 135 Å². The monoisotopic (exact) mass is 866 g/mol. The Labute approximate surface area is 368 Å². The molecule has 1 amide bonds. The highest BCUT2D eigenvalue weighted by Crippen LogP contribution is 2.42. The first kappa shape index (κ1) is 58.0. The molecule has 9 nitrogen and oxygen atoms in total. The summed E-state index contributed by atoms with van der Waals surface area (Å²) < 4.78 is 27.0. The molecule has 60 heavy (non-hydrogen) atoms. The van der Waals surface area contributed by atoms with Gasteiger partial charge in [-0.1, -0.05) is 204 Å². The predicted octanol–water partition coefficient (Wildman–Crippen LogP) is 14.3. The first-order valence-electron chi connectivity index (χ1n) is 24.6. The number of phosphoric acid groups is 1. The zero-order valence-corrected chi connectivity index (χ0v) is 39.5. The number of hydrogen-bond donors (Lipinski definition) is 3. The van der Waals surface area contributed by atoms with Crippen molar-refractivity contribution in [1.82, 2.24) is 5.32 Å². The van der Waals surface area contributed by atoms with Crippen LogP contribution in [0.4, 0.5) is 0 Å². The number of ether oxygens (including phenoxy) is 1. The first-order chi connectivity index (χ1) is 29.3. The summed E-state index contributed by atoms with van der Waals surface area (Å²) in [5.74, 6) is -0.522. The third kappa shape index (κ3) is 47.0. The molecule has 0 bridgehead atoms. The van der Waals surface area contributed by atoms with Crippen molar-refractivity contribution in [2.24, 2.45) is 0 Å². The summed E-state index contributed by atoms with van der Waals surface area (Å²) in [5, 5.41) is 12.7. The molecule has 0 saturated heterocycles. The van der Waals surface area contributed by atoms with E-state index in [2.05, 4.69) is 67.8 Å². The molecule has 0 aromatic heterocycles. The molecule has 0 aromatic rings. The third-order valence-corrected chi connectivity index (χ3v) is 11.5. The fourth-order valence-electron chi connectivity index (χ4n) is 6.78. The number of phosphoric ester groups is 1. The number of rotatable bonds is 46. The van der Waals surface area contributed by atoms with Crippen molar-refractivity contribution in [2.75, 3.05) is 26.4 Å². The summed E-state index contributed by atoms with van der Waals surface area (Å²) in [7, 11) is -4.42. The number of hydrogen-bond acceptors (Lipinski definition) is 7. The van der Waals surface area contributed by atoms with E-state index in [0.717, 1.165) is 64.2 Å². The molecule has 2 atom stereocenters. The van der Waals surface area contributed by atoms with E-state index < -0.39 is 26.5 Å². The van der Waals surface area contributed by atoms with Gasteiger partial charge in [0.2, 0.25) is 5.91 Å². The van der Waals surface area contributed by atoms with Crippen LogP contribution in [0.15, 0.2) is 48.6 Å². The van der Waals surface area contributed by atoms with E-state index in [1.54, 1.807) is 0 Å². The average molecular weight is 866 g/mol. The molecular weight excluding hydrogens is 774 g/mol. The van der Waals surface area contributed by atoms with Gasteiger partial charge in [-0.3, -0.25) is 18.6 Å². The lowest BCUT2D eigenvalue weighted by atomic mass is 10.0. The molecule has 0 aliphatic carbocycles. The van der Waals surface area contributed by atoms with Crippen LogP contribution in [-0.2, 0) is 27.9 Å². The summed E-state index contributed by atoms with van der Waals surface area (Å²) in [6.07, 6.45) is 54.7. The highest BCUT2D eigenvalue weighted by atomic mass is 31.2. The Morgan fingerprint density at radius 2 is 0.900 bits per heavy atom. The Balaban J connectivity index is 3.59. The first-order valence-corrected chi connectivity index (χ1v) is 26.1. The molecule has 350 valence electrons. The van der Waals surface area contributed by atoms with Gasteiger partial charge in [0.05, 0.1) is 13.2 Å². The van der Waals surface area contributed by atoms with Crippen molar-refractivity contribution in [2.45, 2.75) is 232 Å². The second-order valence-corrected chi connectivity index (χ2v) is 17.9. The highest BCUT2D eigenvalue weighted by Gasteiger charge is 2.23. The summed E-state index contributed by atoms with van der Waals surface area (Å²) in [5.41, 5.74) is 0. The van der Waals surface area contributed by atoms with Crippen molar-refractivity contribution < 1.29 is 37.9 Å². The molecule has 3 N–H and O–H groups in total. The number of esters is 1. The largest absolute Gasteiger partial charge is 0.472 e. The molecule has 0 rings (SSSR count). The Bertz CT molecular complexity index is 1120. The smallest absolute Gasteiger partial charge is 0.463 e. The number of amides is 1. The van der Waals surface area contributed by atoms with Crippen molar-refractivity contribution >= 4 is 19.7 Å². The Kier molecular flexibility index (Phi) is 44.9. The number of unbranched alkanes of at least 4 members (excludes halogenated alkanes) is 25. The minimum Gasteiger partial charge on any atom is -0.463 e. The number of carbonyl (C=O) groups is 2. The van der Waals surface area contributed by atoms with Gasteiger partial charge in [0.1, 0.15) is 12.7 Å². The lowest BCUT2D eigenvalue weighted by Gasteiger charge is -2.15. The normalized spacial score (nSPS) is 13.6. The van der Waals surface area contributed by atoms with Crippen LogP contribution < -0.4 is 5.32 Å². The maximum absolute atomic E-state index is 12.1. The number of aliphatic hydroxyl groups is 1. The van der Waals surface area contributed by atoms with E-state index >= 15 is 0 Å². The van der Waals surface area contributed by atoms with Gasteiger partial charge in [-0.05, 0) is 57.8 Å². The van der Waals surface area contributed by atoms with Crippen molar-refractivity contribution in [3.05, 3.63) is 48.6 Å². The van der Waals surface area contributed by atoms with E-state index in [-0.39, 0.29) is 32.1 Å². The van der Waals surface area contributed by atoms with Crippen molar-refractivity contribution in [3.8, 4) is 0 Å². The number of allylic oxidation sites excluding steroid dienone is 8. The van der Waals surface area contributed by atoms with E-state index in [4.69, 9.17) is 13.8 Å². The standard InChI is InChI=1S/C50H92NO8P/c1-3-5-7-9-11-13-15-17-19-21-22-23-24-25-26-27-28-30-32-34-36-38-40-42-49(53)51-44-45-58-60(55,56)59-47-48(52)46-57-50(54)43-41-39-37-35-33-31-29-20-18-16-14-12-10-8-6-4-2/h11,13,17,19,22-23,25-26,48,52H,3-10,12,14-16,18,20-21,24,27-47H2,1-2H3,(H,51,53)(H,55,56)/b13-11-,19-17-,23-22-,26-25-. The van der Waals surface area contributed by atoms with E-state index in [0.29, 0.717) is 6.42 Å². The molecule has 0 aromatic carbocycles. The zero-order chi connectivity index (χ0) is 43.9. The van der Waals surface area contributed by atoms with Crippen LogP contribution in [0.5, 0.6) is 0 Å². The molecule has 2 unspecified atom stereocenters. The van der Waals surface area contributed by atoms with Gasteiger partial charge in [-0.2, -0.15) is 0 Å². The molecule has 0 saturated carbocycles. The SMILES string of the molecule is CCCCC/C=C\C/C=C\C/C=C\C/C=C\CCCCCCCCCC(=O)NCCOP(=O)(O)OCC(O)COC(=O)CCCCCCCCCCCCCCCCCC. The Hall–Kier alpha value is -2.03. The Morgan fingerprint density at radius 3 is 1.38 bits per heavy atom. The summed E-state index contributed by atoms with van der Waals surface area (Å²) >= 11 is 0. The quantitative estimate of drug-likeness (QED) is 0.0239. The van der Waals surface area contributed by atoms with Gasteiger partial charge in [-0.15, -0.1) is 0 Å². The third-order valence-electron chi connectivity index (χ3n) is 10.5. The summed E-state index contributed by atoms with van der Waals surface area (Å²) in [4.78, 5) is 34.0. The molecule has 0 aliphatic heterocycles. The van der Waals surface area contributed by atoms with Gasteiger partial charge in [0.15, 0.2) is 0 Å². The van der Waals surface area contributed by atoms with Gasteiger partial charge in [0, 0.05) is 19.4 Å². The van der Waals surface area contributed by atoms with Crippen LogP contribution in [0.3, 0.4) is 0 Å². The predicted molar refractivity (Wildman–Crippen MR) is 252 cm³/mol. The zero-order valence-electron chi connectivity index (χ0n) is 38.7. The molecule has 0 radical (unpaired) electrons.